The number of sulfonamides is 1. The lowest BCUT2D eigenvalue weighted by Gasteiger charge is -2.29. The van der Waals surface area contributed by atoms with Crippen LogP contribution in [0.15, 0.2) is 17.3 Å². The van der Waals surface area contributed by atoms with Crippen LogP contribution in [0.25, 0.3) is 0 Å². The van der Waals surface area contributed by atoms with Crippen molar-refractivity contribution in [3.63, 3.8) is 0 Å². The van der Waals surface area contributed by atoms with Gasteiger partial charge in [0.1, 0.15) is 11.4 Å². The second-order valence-corrected chi connectivity index (χ2v) is 7.56. The second-order valence-electron chi connectivity index (χ2n) is 5.85. The molecule has 0 amide bonds. The summed E-state index contributed by atoms with van der Waals surface area (Å²) in [5.41, 5.74) is 5.68. The highest BCUT2D eigenvalue weighted by Crippen LogP contribution is 2.27. The van der Waals surface area contributed by atoms with Gasteiger partial charge in [-0.15, -0.1) is 12.4 Å². The Balaban J connectivity index is 0.00000288. The van der Waals surface area contributed by atoms with Crippen LogP contribution in [0.5, 0.6) is 0 Å². The molecule has 1 unspecified atom stereocenters. The highest BCUT2D eigenvalue weighted by atomic mass is 35.5. The Kier molecular flexibility index (Phi) is 7.51. The fraction of sp³-hybridized carbons (Fsp3) is 0.769. The molecule has 11 heteroatoms. The molecule has 0 spiro atoms. The van der Waals surface area contributed by atoms with E-state index in [2.05, 4.69) is 9.82 Å². The van der Waals surface area contributed by atoms with Crippen molar-refractivity contribution in [3.8, 4) is 0 Å². The normalized spacial score (nSPS) is 18.2. The lowest BCUT2D eigenvalue weighted by atomic mass is 9.84. The molecule has 1 aromatic rings. The highest BCUT2D eigenvalue weighted by Gasteiger charge is 2.31. The number of alkyl halides is 3. The van der Waals surface area contributed by atoms with Gasteiger partial charge in [-0.05, 0) is 18.8 Å². The van der Waals surface area contributed by atoms with Crippen molar-refractivity contribution in [3.05, 3.63) is 12.4 Å². The molecular formula is C13H22ClF3N4O2S. The fourth-order valence-electron chi connectivity index (χ4n) is 2.89. The van der Waals surface area contributed by atoms with E-state index in [1.54, 1.807) is 0 Å². The number of nitrogens with one attached hydrogen (secondary N) is 1. The summed E-state index contributed by atoms with van der Waals surface area (Å²) in [7, 11) is -3.94. The molecule has 1 saturated carbocycles. The summed E-state index contributed by atoms with van der Waals surface area (Å²) in [6.45, 7) is -1.17. The van der Waals surface area contributed by atoms with Crippen LogP contribution in [0.3, 0.4) is 0 Å². The van der Waals surface area contributed by atoms with Gasteiger partial charge in [-0.1, -0.05) is 19.3 Å². The van der Waals surface area contributed by atoms with E-state index in [4.69, 9.17) is 5.73 Å². The van der Waals surface area contributed by atoms with E-state index in [9.17, 15) is 21.6 Å². The van der Waals surface area contributed by atoms with Crippen molar-refractivity contribution < 1.29 is 21.6 Å². The molecule has 1 heterocycles. The summed E-state index contributed by atoms with van der Waals surface area (Å²) < 4.78 is 64.7. The quantitative estimate of drug-likeness (QED) is 0.777. The molecule has 1 fully saturated rings. The van der Waals surface area contributed by atoms with Gasteiger partial charge in [-0.2, -0.15) is 18.3 Å². The molecule has 0 aliphatic heterocycles. The number of nitrogens with two attached hydrogens (primary N) is 1. The van der Waals surface area contributed by atoms with Crippen LogP contribution < -0.4 is 10.5 Å². The molecule has 2 rings (SSSR count). The van der Waals surface area contributed by atoms with E-state index in [-0.39, 0.29) is 29.8 Å². The SMILES string of the molecule is Cl.NCC(NS(=O)(=O)c1cnn(CC(F)(F)F)c1)C1CCCCC1. The third-order valence-corrected chi connectivity index (χ3v) is 5.48. The molecule has 1 atom stereocenters. The molecule has 6 nitrogen and oxygen atoms in total. The zero-order valence-electron chi connectivity index (χ0n) is 13.0. The van der Waals surface area contributed by atoms with E-state index in [0.29, 0.717) is 4.68 Å². The van der Waals surface area contributed by atoms with E-state index in [1.165, 1.54) is 0 Å². The third-order valence-electron chi connectivity index (χ3n) is 4.04. The van der Waals surface area contributed by atoms with Crippen LogP contribution in [0.1, 0.15) is 32.1 Å². The summed E-state index contributed by atoms with van der Waals surface area (Å²) in [5.74, 6) is 0.161. The monoisotopic (exact) mass is 390 g/mol. The molecule has 0 radical (unpaired) electrons. The Labute approximate surface area is 145 Å². The van der Waals surface area contributed by atoms with Crippen LogP contribution in [-0.2, 0) is 16.6 Å². The maximum atomic E-state index is 12.3. The predicted molar refractivity (Wildman–Crippen MR) is 85.3 cm³/mol. The van der Waals surface area contributed by atoms with Crippen LogP contribution in [0.2, 0.25) is 0 Å². The summed E-state index contributed by atoms with van der Waals surface area (Å²) in [4.78, 5) is -0.281. The Hall–Kier alpha value is -0.840. The first-order valence-electron chi connectivity index (χ1n) is 7.53. The topological polar surface area (TPSA) is 90.0 Å². The largest absolute Gasteiger partial charge is 0.408 e. The fourth-order valence-corrected chi connectivity index (χ4v) is 4.16. The van der Waals surface area contributed by atoms with Gasteiger partial charge in [0, 0.05) is 18.8 Å². The van der Waals surface area contributed by atoms with Crippen LogP contribution in [0.4, 0.5) is 13.2 Å². The molecule has 3 N–H and O–H groups in total. The Morgan fingerprint density at radius 2 is 1.96 bits per heavy atom. The van der Waals surface area contributed by atoms with Crippen molar-refractivity contribution in [2.24, 2.45) is 11.7 Å². The Morgan fingerprint density at radius 3 is 2.50 bits per heavy atom. The average molecular weight is 391 g/mol. The lowest BCUT2D eigenvalue weighted by molar-refractivity contribution is -0.142. The Bertz CT molecular complexity index is 615. The van der Waals surface area contributed by atoms with Gasteiger partial charge in [-0.3, -0.25) is 4.68 Å². The van der Waals surface area contributed by atoms with Gasteiger partial charge in [0.25, 0.3) is 0 Å². The molecule has 0 aromatic carbocycles. The van der Waals surface area contributed by atoms with Gasteiger partial charge < -0.3 is 5.73 Å². The molecule has 1 aromatic heterocycles. The van der Waals surface area contributed by atoms with Crippen molar-refractivity contribution in [2.45, 2.75) is 55.8 Å². The minimum Gasteiger partial charge on any atom is -0.329 e. The van der Waals surface area contributed by atoms with Crippen LogP contribution in [-0.4, -0.2) is 37.0 Å². The summed E-state index contributed by atoms with van der Waals surface area (Å²) >= 11 is 0. The van der Waals surface area contributed by atoms with Gasteiger partial charge >= 0.3 is 6.18 Å². The van der Waals surface area contributed by atoms with Gasteiger partial charge in [0.2, 0.25) is 10.0 Å². The van der Waals surface area contributed by atoms with Crippen LogP contribution in [0, 0.1) is 5.92 Å². The minimum absolute atomic E-state index is 0. The zero-order chi connectivity index (χ0) is 17.1. The molecular weight excluding hydrogens is 369 g/mol. The van der Waals surface area contributed by atoms with Gasteiger partial charge in [-0.25, -0.2) is 13.1 Å². The number of rotatable bonds is 6. The lowest BCUT2D eigenvalue weighted by Crippen LogP contribution is -2.45. The average Bonchev–Trinajstić information content (AvgIpc) is 2.93. The first-order valence-corrected chi connectivity index (χ1v) is 9.01. The van der Waals surface area contributed by atoms with E-state index < -0.39 is 28.8 Å². The van der Waals surface area contributed by atoms with E-state index in [1.807, 2.05) is 0 Å². The van der Waals surface area contributed by atoms with E-state index >= 15 is 0 Å². The number of halogens is 4. The highest BCUT2D eigenvalue weighted by molar-refractivity contribution is 7.89. The van der Waals surface area contributed by atoms with Gasteiger partial charge in [0.15, 0.2) is 0 Å². The minimum atomic E-state index is -4.46. The predicted octanol–water partition coefficient (Wildman–Crippen LogP) is 2.05. The Morgan fingerprint density at radius 1 is 1.33 bits per heavy atom. The third kappa shape index (κ3) is 5.91. The van der Waals surface area contributed by atoms with Crippen molar-refractivity contribution in [2.75, 3.05) is 6.54 Å². The van der Waals surface area contributed by atoms with Crippen molar-refractivity contribution >= 4 is 22.4 Å². The van der Waals surface area contributed by atoms with E-state index in [0.717, 1.165) is 44.5 Å². The van der Waals surface area contributed by atoms with Crippen molar-refractivity contribution in [1.82, 2.24) is 14.5 Å². The maximum absolute atomic E-state index is 12.3. The molecule has 0 saturated heterocycles. The smallest absolute Gasteiger partial charge is 0.329 e. The summed E-state index contributed by atoms with van der Waals surface area (Å²) in [6.07, 6.45) is 2.34. The number of nitrogens with zero attached hydrogens (tertiary/aromatic N) is 2. The molecule has 140 valence electrons. The maximum Gasteiger partial charge on any atom is 0.408 e. The summed E-state index contributed by atoms with van der Waals surface area (Å²) in [5, 5.41) is 3.46. The standard InChI is InChI=1S/C13H21F3N4O2S.ClH/c14-13(15,16)9-20-8-11(7-18-20)23(21,22)19-12(6-17)10-4-2-1-3-5-10;/h7-8,10,12,19H,1-6,9,17H2;1H. The molecule has 0 bridgehead atoms. The second kappa shape index (κ2) is 8.50. The molecule has 1 aliphatic rings. The number of hydrogen-bond acceptors (Lipinski definition) is 4. The zero-order valence-corrected chi connectivity index (χ0v) is 14.6. The summed E-state index contributed by atoms with van der Waals surface area (Å²) in [6, 6.07) is -0.411. The number of hydrogen-bond donors (Lipinski definition) is 2. The first kappa shape index (κ1) is 21.2. The van der Waals surface area contributed by atoms with Crippen LogP contribution >= 0.6 is 12.4 Å². The van der Waals surface area contributed by atoms with Crippen molar-refractivity contribution in [1.29, 1.82) is 0 Å². The number of aromatic nitrogens is 2. The first-order chi connectivity index (χ1) is 10.7. The molecule has 1 aliphatic carbocycles. The van der Waals surface area contributed by atoms with Gasteiger partial charge in [0.05, 0.1) is 6.20 Å². The molecule has 24 heavy (non-hydrogen) atoms.